The summed E-state index contributed by atoms with van der Waals surface area (Å²) < 4.78 is 5.26. The van der Waals surface area contributed by atoms with Crippen molar-refractivity contribution in [2.45, 2.75) is 12.8 Å². The van der Waals surface area contributed by atoms with Gasteiger partial charge in [-0.1, -0.05) is 5.10 Å². The molecule has 13 heavy (non-hydrogen) atoms. The molecular weight excluding hydrogens is 170 g/mol. The standard InChI is InChI=1S/C7H13N5O/c1-3-13-4-2-6(1)5-8-7-9-11-12-10-7/h6H,1-5H2,(H2,8,9,10,11,12). The molecule has 72 valence electrons. The van der Waals surface area contributed by atoms with Crippen molar-refractivity contribution in [2.24, 2.45) is 5.92 Å². The smallest absolute Gasteiger partial charge is 0.263 e. The molecule has 6 nitrogen and oxygen atoms in total. The zero-order valence-electron chi connectivity index (χ0n) is 7.36. The molecule has 0 aliphatic carbocycles. The summed E-state index contributed by atoms with van der Waals surface area (Å²) in [5, 5.41) is 16.6. The quantitative estimate of drug-likeness (QED) is 0.691. The van der Waals surface area contributed by atoms with Crippen LogP contribution in [0.1, 0.15) is 12.8 Å². The summed E-state index contributed by atoms with van der Waals surface area (Å²) in [5.74, 6) is 1.25. The Bertz CT molecular complexity index is 231. The summed E-state index contributed by atoms with van der Waals surface area (Å²) >= 11 is 0. The first kappa shape index (κ1) is 8.43. The van der Waals surface area contributed by atoms with Crippen molar-refractivity contribution < 1.29 is 4.74 Å². The number of tetrazole rings is 1. The normalized spacial score (nSPS) is 18.8. The molecule has 0 bridgehead atoms. The second-order valence-electron chi connectivity index (χ2n) is 3.17. The van der Waals surface area contributed by atoms with E-state index in [1.165, 1.54) is 0 Å². The summed E-state index contributed by atoms with van der Waals surface area (Å²) in [4.78, 5) is 0. The lowest BCUT2D eigenvalue weighted by Crippen LogP contribution is -2.22. The predicted octanol–water partition coefficient (Wildman–Crippen LogP) is 0.0382. The fourth-order valence-electron chi connectivity index (χ4n) is 1.42. The number of nitrogens with one attached hydrogen (secondary N) is 2. The fourth-order valence-corrected chi connectivity index (χ4v) is 1.42. The minimum atomic E-state index is 0.575. The van der Waals surface area contributed by atoms with Crippen LogP contribution in [-0.2, 0) is 4.74 Å². The summed E-state index contributed by atoms with van der Waals surface area (Å²) in [6.45, 7) is 2.65. The van der Waals surface area contributed by atoms with Crippen molar-refractivity contribution in [3.05, 3.63) is 0 Å². The lowest BCUT2D eigenvalue weighted by Gasteiger charge is -2.21. The number of ether oxygens (including phenoxy) is 1. The highest BCUT2D eigenvalue weighted by atomic mass is 16.5. The van der Waals surface area contributed by atoms with Crippen molar-refractivity contribution in [2.75, 3.05) is 25.1 Å². The zero-order chi connectivity index (χ0) is 8.93. The first-order chi connectivity index (χ1) is 6.45. The lowest BCUT2D eigenvalue weighted by molar-refractivity contribution is 0.0699. The van der Waals surface area contributed by atoms with Gasteiger partial charge in [0.25, 0.3) is 5.95 Å². The largest absolute Gasteiger partial charge is 0.381 e. The molecule has 0 aromatic carbocycles. The molecule has 6 heteroatoms. The van der Waals surface area contributed by atoms with Crippen LogP contribution in [0.5, 0.6) is 0 Å². The molecular formula is C7H13N5O. The van der Waals surface area contributed by atoms with Crippen LogP contribution >= 0.6 is 0 Å². The Morgan fingerprint density at radius 2 is 2.31 bits per heavy atom. The van der Waals surface area contributed by atoms with Crippen molar-refractivity contribution >= 4 is 5.95 Å². The van der Waals surface area contributed by atoms with Crippen LogP contribution in [0, 0.1) is 5.92 Å². The molecule has 1 aliphatic heterocycles. The number of anilines is 1. The SMILES string of the molecule is C1CC(CNc2nn[nH]n2)CCO1. The van der Waals surface area contributed by atoms with E-state index in [2.05, 4.69) is 25.9 Å². The minimum Gasteiger partial charge on any atom is -0.381 e. The molecule has 1 aromatic heterocycles. The van der Waals surface area contributed by atoms with E-state index in [0.717, 1.165) is 32.6 Å². The van der Waals surface area contributed by atoms with Gasteiger partial charge in [-0.3, -0.25) is 0 Å². The average Bonchev–Trinajstić information content (AvgIpc) is 2.69. The van der Waals surface area contributed by atoms with Crippen molar-refractivity contribution in [3.63, 3.8) is 0 Å². The molecule has 2 N–H and O–H groups in total. The lowest BCUT2D eigenvalue weighted by atomic mass is 10.0. The van der Waals surface area contributed by atoms with Gasteiger partial charge in [-0.05, 0) is 24.0 Å². The maximum absolute atomic E-state index is 5.26. The van der Waals surface area contributed by atoms with E-state index in [-0.39, 0.29) is 0 Å². The van der Waals surface area contributed by atoms with Crippen LogP contribution in [0.25, 0.3) is 0 Å². The molecule has 0 saturated carbocycles. The Balaban J connectivity index is 1.72. The third-order valence-electron chi connectivity index (χ3n) is 2.24. The Kier molecular flexibility index (Phi) is 2.71. The minimum absolute atomic E-state index is 0.575. The molecule has 1 saturated heterocycles. The van der Waals surface area contributed by atoms with E-state index >= 15 is 0 Å². The van der Waals surface area contributed by atoms with Crippen molar-refractivity contribution in [1.29, 1.82) is 0 Å². The second kappa shape index (κ2) is 4.18. The molecule has 2 rings (SSSR count). The topological polar surface area (TPSA) is 75.7 Å². The number of hydrogen-bond acceptors (Lipinski definition) is 5. The molecule has 2 heterocycles. The molecule has 0 radical (unpaired) electrons. The average molecular weight is 183 g/mol. The Labute approximate surface area is 76.1 Å². The number of hydrogen-bond donors (Lipinski definition) is 2. The third kappa shape index (κ3) is 2.38. The highest BCUT2D eigenvalue weighted by Crippen LogP contribution is 2.14. The fraction of sp³-hybridized carbons (Fsp3) is 0.857. The van der Waals surface area contributed by atoms with Gasteiger partial charge in [0.2, 0.25) is 0 Å². The molecule has 1 fully saturated rings. The van der Waals surface area contributed by atoms with E-state index in [4.69, 9.17) is 4.74 Å². The summed E-state index contributed by atoms with van der Waals surface area (Å²) in [5.41, 5.74) is 0. The Hall–Kier alpha value is -1.17. The van der Waals surface area contributed by atoms with E-state index in [1.807, 2.05) is 0 Å². The maximum atomic E-state index is 5.26. The van der Waals surface area contributed by atoms with Gasteiger partial charge in [-0.25, -0.2) is 0 Å². The molecule has 0 atom stereocenters. The highest BCUT2D eigenvalue weighted by Gasteiger charge is 2.13. The third-order valence-corrected chi connectivity index (χ3v) is 2.24. The first-order valence-corrected chi connectivity index (χ1v) is 4.50. The summed E-state index contributed by atoms with van der Waals surface area (Å²) in [6, 6.07) is 0. The molecule has 0 unspecified atom stereocenters. The van der Waals surface area contributed by atoms with E-state index in [1.54, 1.807) is 0 Å². The van der Waals surface area contributed by atoms with Crippen LogP contribution in [0.4, 0.5) is 5.95 Å². The number of nitrogens with zero attached hydrogens (tertiary/aromatic N) is 3. The summed E-state index contributed by atoms with van der Waals surface area (Å²) in [7, 11) is 0. The van der Waals surface area contributed by atoms with E-state index < -0.39 is 0 Å². The van der Waals surface area contributed by atoms with Crippen molar-refractivity contribution in [1.82, 2.24) is 20.6 Å². The monoisotopic (exact) mass is 183 g/mol. The van der Waals surface area contributed by atoms with Gasteiger partial charge >= 0.3 is 0 Å². The predicted molar refractivity (Wildman–Crippen MR) is 46.2 cm³/mol. The summed E-state index contributed by atoms with van der Waals surface area (Å²) in [6.07, 6.45) is 2.23. The van der Waals surface area contributed by atoms with Gasteiger partial charge < -0.3 is 10.1 Å². The van der Waals surface area contributed by atoms with Gasteiger partial charge in [0.05, 0.1) is 0 Å². The Morgan fingerprint density at radius 3 is 3.00 bits per heavy atom. The second-order valence-corrected chi connectivity index (χ2v) is 3.17. The van der Waals surface area contributed by atoms with Gasteiger partial charge in [0.15, 0.2) is 0 Å². The molecule has 1 aromatic rings. The van der Waals surface area contributed by atoms with Crippen LogP contribution in [0.15, 0.2) is 0 Å². The number of rotatable bonds is 3. The number of aromatic nitrogens is 4. The van der Waals surface area contributed by atoms with Gasteiger partial charge in [-0.15, -0.1) is 5.10 Å². The number of aromatic amines is 1. The van der Waals surface area contributed by atoms with Crippen molar-refractivity contribution in [3.8, 4) is 0 Å². The van der Waals surface area contributed by atoms with Crippen LogP contribution < -0.4 is 5.32 Å². The van der Waals surface area contributed by atoms with Crippen LogP contribution in [0.2, 0.25) is 0 Å². The van der Waals surface area contributed by atoms with Gasteiger partial charge in [0, 0.05) is 19.8 Å². The zero-order valence-corrected chi connectivity index (χ0v) is 7.36. The van der Waals surface area contributed by atoms with Crippen LogP contribution in [0.3, 0.4) is 0 Å². The molecule has 1 aliphatic rings. The van der Waals surface area contributed by atoms with E-state index in [9.17, 15) is 0 Å². The van der Waals surface area contributed by atoms with E-state index in [0.29, 0.717) is 11.9 Å². The van der Waals surface area contributed by atoms with Crippen LogP contribution in [-0.4, -0.2) is 40.4 Å². The highest BCUT2D eigenvalue weighted by molar-refractivity contribution is 5.18. The molecule has 0 amide bonds. The maximum Gasteiger partial charge on any atom is 0.263 e. The number of H-pyrrole nitrogens is 1. The van der Waals surface area contributed by atoms with Gasteiger partial charge in [-0.2, -0.15) is 5.21 Å². The Morgan fingerprint density at radius 1 is 1.46 bits per heavy atom. The first-order valence-electron chi connectivity index (χ1n) is 4.50. The van der Waals surface area contributed by atoms with Gasteiger partial charge in [0.1, 0.15) is 0 Å². The molecule has 0 spiro atoms.